The van der Waals surface area contributed by atoms with Crippen LogP contribution in [0.15, 0.2) is 188 Å². The van der Waals surface area contributed by atoms with Crippen LogP contribution in [-0.2, 0) is 0 Å². The van der Waals surface area contributed by atoms with Crippen molar-refractivity contribution in [3.8, 4) is 68.0 Å². The summed E-state index contributed by atoms with van der Waals surface area (Å²) in [5.74, 6) is 0. The molecule has 5 heteroatoms. The van der Waals surface area contributed by atoms with E-state index >= 15 is 0 Å². The van der Waals surface area contributed by atoms with Crippen LogP contribution in [-0.4, -0.2) is 9.13 Å². The number of fused-ring (bicyclic) bond motifs is 6. The number of halogens is 1. The van der Waals surface area contributed by atoms with Crippen LogP contribution < -0.4 is 0 Å². The van der Waals surface area contributed by atoms with Gasteiger partial charge in [0.25, 0.3) is 0 Å². The van der Waals surface area contributed by atoms with Gasteiger partial charge in [0.15, 0.2) is 0 Å². The number of nitriles is 2. The van der Waals surface area contributed by atoms with Gasteiger partial charge in [0.2, 0.25) is 0 Å². The average Bonchev–Trinajstić information content (AvgIpc) is 3.84. The summed E-state index contributed by atoms with van der Waals surface area (Å²) in [4.78, 5) is 0. The SMILES string of the molecule is Cc1ccc(-c2ccc3c(c2)c2ccccc2n3-c2ccc(-c3ccc(I)cc3C#N)c(-c3cc(C#N)ccc3-n3c4ccccc4c4cc(-c5ccc(C)cc5)ccc43)c2)cc1. The molecule has 0 aliphatic rings. The molecule has 0 unspecified atom stereocenters. The van der Waals surface area contributed by atoms with Crippen molar-refractivity contribution in [1.29, 1.82) is 10.5 Å². The Balaban J connectivity index is 1.19. The molecule has 2 aromatic heterocycles. The van der Waals surface area contributed by atoms with Gasteiger partial charge >= 0.3 is 0 Å². The number of aryl methyl sites for hydroxylation is 2. The van der Waals surface area contributed by atoms with Crippen molar-refractivity contribution in [1.82, 2.24) is 9.13 Å². The first-order valence-corrected chi connectivity index (χ1v) is 22.0. The van der Waals surface area contributed by atoms with Gasteiger partial charge in [0, 0.05) is 41.9 Å². The molecule has 0 amide bonds. The standard InChI is InChI=1S/C58H37IN4/c1-36-11-16-39(17-12-36)41-20-27-56-52(31-41)48-7-3-5-9-54(48)62(56)45-23-25-47(46-24-22-44(59)30-43(46)35-61)50(33-45)51-29-38(34-60)15-26-57(51)63-55-10-6-4-8-49(55)53-32-42(21-28-58(53)63)40-18-13-37(2)14-19-40/h3-33H,1-2H3. The summed E-state index contributed by atoms with van der Waals surface area (Å²) in [6.07, 6.45) is 0. The second-order valence-electron chi connectivity index (χ2n) is 16.3. The van der Waals surface area contributed by atoms with Gasteiger partial charge in [0.05, 0.1) is 51.0 Å². The van der Waals surface area contributed by atoms with Crippen LogP contribution in [0.4, 0.5) is 0 Å². The third kappa shape index (κ3) is 6.49. The summed E-state index contributed by atoms with van der Waals surface area (Å²) in [5, 5.41) is 25.7. The molecule has 0 bridgehead atoms. The Labute approximate surface area is 379 Å². The summed E-state index contributed by atoms with van der Waals surface area (Å²) in [7, 11) is 0. The Kier molecular flexibility index (Phi) is 9.30. The Bertz CT molecular complexity index is 3720. The summed E-state index contributed by atoms with van der Waals surface area (Å²) in [5.41, 5.74) is 18.1. The van der Waals surface area contributed by atoms with Crippen LogP contribution in [0.5, 0.6) is 0 Å². The van der Waals surface area contributed by atoms with Gasteiger partial charge < -0.3 is 9.13 Å². The van der Waals surface area contributed by atoms with E-state index in [2.05, 4.69) is 222 Å². The second kappa shape index (κ2) is 15.3. The zero-order valence-corrected chi connectivity index (χ0v) is 36.7. The minimum Gasteiger partial charge on any atom is -0.309 e. The van der Waals surface area contributed by atoms with Gasteiger partial charge in [-0.3, -0.25) is 0 Å². The number of aromatic nitrogens is 2. The maximum Gasteiger partial charge on any atom is 0.0998 e. The minimum atomic E-state index is 0.552. The molecule has 0 aliphatic heterocycles. The maximum atomic E-state index is 10.6. The number of hydrogen-bond donors (Lipinski definition) is 0. The fraction of sp³-hybridized carbons (Fsp3) is 0.0345. The van der Waals surface area contributed by atoms with Crippen LogP contribution in [0.3, 0.4) is 0 Å². The van der Waals surface area contributed by atoms with Crippen molar-refractivity contribution in [3.63, 3.8) is 0 Å². The lowest BCUT2D eigenvalue weighted by Crippen LogP contribution is -2.01. The topological polar surface area (TPSA) is 57.4 Å². The molecular formula is C58H37IN4. The Morgan fingerprint density at radius 2 is 0.937 bits per heavy atom. The molecule has 0 saturated carbocycles. The molecule has 9 aromatic carbocycles. The van der Waals surface area contributed by atoms with Crippen LogP contribution in [0.2, 0.25) is 0 Å². The molecule has 63 heavy (non-hydrogen) atoms. The first-order valence-electron chi connectivity index (χ1n) is 21.0. The largest absolute Gasteiger partial charge is 0.309 e. The van der Waals surface area contributed by atoms with E-state index in [-0.39, 0.29) is 0 Å². The predicted molar refractivity (Wildman–Crippen MR) is 268 cm³/mol. The Morgan fingerprint density at radius 3 is 1.54 bits per heavy atom. The Hall–Kier alpha value is -7.71. The van der Waals surface area contributed by atoms with Gasteiger partial charge in [-0.25, -0.2) is 0 Å². The van der Waals surface area contributed by atoms with Crippen LogP contribution in [0, 0.1) is 40.1 Å². The van der Waals surface area contributed by atoms with Gasteiger partial charge in [-0.1, -0.05) is 120 Å². The van der Waals surface area contributed by atoms with E-state index < -0.39 is 0 Å². The molecule has 296 valence electrons. The third-order valence-corrected chi connectivity index (χ3v) is 13.1. The lowest BCUT2D eigenvalue weighted by molar-refractivity contribution is 1.17. The van der Waals surface area contributed by atoms with Gasteiger partial charge in [-0.15, -0.1) is 0 Å². The molecule has 0 N–H and O–H groups in total. The lowest BCUT2D eigenvalue weighted by Gasteiger charge is -2.20. The van der Waals surface area contributed by atoms with E-state index in [1.54, 1.807) is 0 Å². The molecule has 2 heterocycles. The van der Waals surface area contributed by atoms with Crippen LogP contribution >= 0.6 is 22.6 Å². The minimum absolute atomic E-state index is 0.552. The first kappa shape index (κ1) is 38.2. The molecule has 4 nitrogen and oxygen atoms in total. The monoisotopic (exact) mass is 916 g/mol. The molecular weight excluding hydrogens is 880 g/mol. The van der Waals surface area contributed by atoms with E-state index in [4.69, 9.17) is 0 Å². The summed E-state index contributed by atoms with van der Waals surface area (Å²) >= 11 is 2.27. The smallest absolute Gasteiger partial charge is 0.0998 e. The molecule has 0 spiro atoms. The highest BCUT2D eigenvalue weighted by molar-refractivity contribution is 14.1. The molecule has 0 aliphatic carbocycles. The molecule has 0 atom stereocenters. The van der Waals surface area contributed by atoms with Crippen LogP contribution in [0.1, 0.15) is 22.3 Å². The van der Waals surface area contributed by atoms with Gasteiger partial charge in [-0.2, -0.15) is 10.5 Å². The van der Waals surface area contributed by atoms with Gasteiger partial charge in [0.1, 0.15) is 0 Å². The van der Waals surface area contributed by atoms with E-state index in [0.29, 0.717) is 11.1 Å². The molecule has 0 saturated heterocycles. The van der Waals surface area contributed by atoms with Crippen molar-refractivity contribution >= 4 is 66.2 Å². The highest BCUT2D eigenvalue weighted by atomic mass is 127. The predicted octanol–water partition coefficient (Wildman–Crippen LogP) is 15.5. The second-order valence-corrected chi connectivity index (χ2v) is 17.5. The molecule has 0 fully saturated rings. The summed E-state index contributed by atoms with van der Waals surface area (Å²) < 4.78 is 5.67. The molecule has 11 rings (SSSR count). The first-order chi connectivity index (χ1) is 30.9. The summed E-state index contributed by atoms with van der Waals surface area (Å²) in [6.45, 7) is 4.23. The molecule has 11 aromatic rings. The van der Waals surface area contributed by atoms with E-state index in [0.717, 1.165) is 75.6 Å². The number of hydrogen-bond acceptors (Lipinski definition) is 2. The van der Waals surface area contributed by atoms with Gasteiger partial charge in [-0.05, 0) is 149 Å². The summed E-state index contributed by atoms with van der Waals surface area (Å²) in [6, 6.07) is 71.6. The normalized spacial score (nSPS) is 11.4. The van der Waals surface area contributed by atoms with E-state index in [1.165, 1.54) is 38.6 Å². The zero-order valence-electron chi connectivity index (χ0n) is 34.6. The van der Waals surface area contributed by atoms with Crippen molar-refractivity contribution in [2.24, 2.45) is 0 Å². The van der Waals surface area contributed by atoms with E-state index in [1.807, 2.05) is 24.3 Å². The Morgan fingerprint density at radius 1 is 0.397 bits per heavy atom. The number of nitrogens with zero attached hydrogens (tertiary/aromatic N) is 4. The lowest BCUT2D eigenvalue weighted by atomic mass is 9.90. The number of para-hydroxylation sites is 2. The van der Waals surface area contributed by atoms with Crippen molar-refractivity contribution < 1.29 is 0 Å². The van der Waals surface area contributed by atoms with E-state index in [9.17, 15) is 10.5 Å². The fourth-order valence-electron chi connectivity index (χ4n) is 9.32. The quantitative estimate of drug-likeness (QED) is 0.156. The highest BCUT2D eigenvalue weighted by Crippen LogP contribution is 2.44. The maximum absolute atomic E-state index is 10.6. The fourth-order valence-corrected chi connectivity index (χ4v) is 9.82. The zero-order chi connectivity index (χ0) is 42.8. The van der Waals surface area contributed by atoms with Crippen molar-refractivity contribution in [2.45, 2.75) is 13.8 Å². The number of benzene rings is 9. The number of rotatable bonds is 6. The average molecular weight is 917 g/mol. The van der Waals surface area contributed by atoms with Crippen molar-refractivity contribution in [3.05, 3.63) is 214 Å². The van der Waals surface area contributed by atoms with Crippen LogP contribution in [0.25, 0.3) is 99.5 Å². The third-order valence-electron chi connectivity index (χ3n) is 12.4. The van der Waals surface area contributed by atoms with Crippen molar-refractivity contribution in [2.75, 3.05) is 0 Å². The highest BCUT2D eigenvalue weighted by Gasteiger charge is 2.22. The molecule has 0 radical (unpaired) electrons.